The van der Waals surface area contributed by atoms with Crippen molar-refractivity contribution < 1.29 is 49.0 Å². The Morgan fingerprint density at radius 3 is 2.00 bits per heavy atom. The van der Waals surface area contributed by atoms with Gasteiger partial charge in [0.2, 0.25) is 0 Å². The first-order valence-electron chi connectivity index (χ1n) is 10.4. The van der Waals surface area contributed by atoms with Crippen molar-refractivity contribution in [2.24, 2.45) is 0 Å². The average Bonchev–Trinajstić information content (AvgIpc) is 2.76. The molecule has 12 heteroatoms. The minimum Gasteiger partial charge on any atom is -0.469 e. The number of rotatable bonds is 4. The van der Waals surface area contributed by atoms with E-state index in [1.165, 1.54) is 6.07 Å². The van der Waals surface area contributed by atoms with E-state index in [9.17, 15) is 44.3 Å². The van der Waals surface area contributed by atoms with Crippen LogP contribution in [0.2, 0.25) is 0 Å². The van der Waals surface area contributed by atoms with Crippen LogP contribution in [0.5, 0.6) is 0 Å². The molecule has 0 amide bonds. The molecule has 0 aromatic heterocycles. The molecule has 0 aliphatic carbocycles. The summed E-state index contributed by atoms with van der Waals surface area (Å²) in [4.78, 5) is 12.8. The van der Waals surface area contributed by atoms with Gasteiger partial charge in [-0.1, -0.05) is 19.1 Å². The van der Waals surface area contributed by atoms with E-state index in [1.54, 1.807) is 6.92 Å². The zero-order valence-corrected chi connectivity index (χ0v) is 18.3. The van der Waals surface area contributed by atoms with Gasteiger partial charge in [0.25, 0.3) is 0 Å². The highest BCUT2D eigenvalue weighted by Gasteiger charge is 2.44. The number of fused-ring (bicyclic) bond motifs is 1. The van der Waals surface area contributed by atoms with E-state index < -0.39 is 64.6 Å². The normalized spacial score (nSPS) is 19.5. The number of carbonyl (C=O) groups is 1. The topological polar surface area (TPSA) is 38.3 Å². The maximum atomic E-state index is 13.7. The predicted octanol–water partition coefficient (Wildman–Crippen LogP) is 7.38. The molecule has 0 bridgehead atoms. The molecule has 192 valence electrons. The quantitative estimate of drug-likeness (QED) is 0.343. The third kappa shape index (κ3) is 5.51. The fourth-order valence-electron chi connectivity index (χ4n) is 4.38. The Labute approximate surface area is 194 Å². The minimum atomic E-state index is -5.17. The van der Waals surface area contributed by atoms with Gasteiger partial charge in [-0.3, -0.25) is 4.79 Å². The second-order valence-corrected chi connectivity index (χ2v) is 8.20. The van der Waals surface area contributed by atoms with Crippen molar-refractivity contribution in [3.05, 3.63) is 64.2 Å². The SMILES string of the molecule is CCC1CC(C(C(=O)OC)c2cc(C(F)(F)F)cc(C(F)(F)F)c2)c2cccc(C(F)(F)F)c2N1. The summed E-state index contributed by atoms with van der Waals surface area (Å²) in [6.07, 6.45) is -14.9. The molecular formula is C23H20F9NO2. The van der Waals surface area contributed by atoms with E-state index in [4.69, 9.17) is 4.74 Å². The fraction of sp³-hybridized carbons (Fsp3) is 0.435. The number of anilines is 1. The molecule has 3 atom stereocenters. The van der Waals surface area contributed by atoms with Crippen molar-refractivity contribution in [3.8, 4) is 0 Å². The molecule has 1 N–H and O–H groups in total. The summed E-state index contributed by atoms with van der Waals surface area (Å²) in [5.41, 5.74) is -5.39. The Kier molecular flexibility index (Phi) is 7.07. The predicted molar refractivity (Wildman–Crippen MR) is 108 cm³/mol. The average molecular weight is 513 g/mol. The summed E-state index contributed by atoms with van der Waals surface area (Å²) in [5, 5.41) is 2.75. The van der Waals surface area contributed by atoms with Gasteiger partial charge in [0.15, 0.2) is 0 Å². The van der Waals surface area contributed by atoms with Crippen LogP contribution >= 0.6 is 0 Å². The van der Waals surface area contributed by atoms with Gasteiger partial charge in [0, 0.05) is 12.0 Å². The van der Waals surface area contributed by atoms with Gasteiger partial charge in [-0.25, -0.2) is 0 Å². The maximum Gasteiger partial charge on any atom is 0.418 e. The molecule has 1 heterocycles. The molecule has 1 aliphatic rings. The molecule has 0 fully saturated rings. The summed E-state index contributed by atoms with van der Waals surface area (Å²) in [6.45, 7) is 1.65. The number of para-hydroxylation sites is 1. The number of hydrogen-bond donors (Lipinski definition) is 1. The van der Waals surface area contributed by atoms with E-state index in [0.29, 0.717) is 12.1 Å². The van der Waals surface area contributed by atoms with Crippen LogP contribution in [-0.2, 0) is 28.1 Å². The largest absolute Gasteiger partial charge is 0.469 e. The molecule has 35 heavy (non-hydrogen) atoms. The van der Waals surface area contributed by atoms with Gasteiger partial charge in [0.1, 0.15) is 0 Å². The molecule has 3 rings (SSSR count). The van der Waals surface area contributed by atoms with Crippen molar-refractivity contribution in [3.63, 3.8) is 0 Å². The number of hydrogen-bond acceptors (Lipinski definition) is 3. The first-order chi connectivity index (χ1) is 16.1. The minimum absolute atomic E-state index is 0.0256. The van der Waals surface area contributed by atoms with Crippen LogP contribution in [-0.4, -0.2) is 19.1 Å². The van der Waals surface area contributed by atoms with Gasteiger partial charge in [-0.2, -0.15) is 39.5 Å². The van der Waals surface area contributed by atoms with Crippen molar-refractivity contribution >= 4 is 11.7 Å². The second kappa shape index (κ2) is 9.27. The Balaban J connectivity index is 2.29. The smallest absolute Gasteiger partial charge is 0.418 e. The van der Waals surface area contributed by atoms with Gasteiger partial charge in [-0.15, -0.1) is 0 Å². The van der Waals surface area contributed by atoms with E-state index in [1.807, 2.05) is 0 Å². The fourth-order valence-corrected chi connectivity index (χ4v) is 4.38. The van der Waals surface area contributed by atoms with E-state index >= 15 is 0 Å². The van der Waals surface area contributed by atoms with Gasteiger partial charge in [-0.05, 0) is 48.2 Å². The summed E-state index contributed by atoms with van der Waals surface area (Å²) in [6, 6.07) is 3.26. The van der Waals surface area contributed by atoms with Gasteiger partial charge < -0.3 is 10.1 Å². The molecule has 0 saturated heterocycles. The third-order valence-electron chi connectivity index (χ3n) is 6.01. The Morgan fingerprint density at radius 2 is 1.54 bits per heavy atom. The molecule has 3 unspecified atom stereocenters. The second-order valence-electron chi connectivity index (χ2n) is 8.20. The van der Waals surface area contributed by atoms with Crippen LogP contribution in [0.15, 0.2) is 36.4 Å². The van der Waals surface area contributed by atoms with Crippen LogP contribution in [0.3, 0.4) is 0 Å². The summed E-state index contributed by atoms with van der Waals surface area (Å²) >= 11 is 0. The monoisotopic (exact) mass is 513 g/mol. The molecule has 2 aromatic carbocycles. The van der Waals surface area contributed by atoms with Crippen LogP contribution in [0.4, 0.5) is 45.2 Å². The summed E-state index contributed by atoms with van der Waals surface area (Å²) < 4.78 is 126. The summed E-state index contributed by atoms with van der Waals surface area (Å²) in [7, 11) is 0.902. The zero-order valence-electron chi connectivity index (χ0n) is 18.3. The van der Waals surface area contributed by atoms with E-state index in [0.717, 1.165) is 19.2 Å². The Bertz CT molecular complexity index is 1060. The molecule has 3 nitrogen and oxygen atoms in total. The number of methoxy groups -OCH3 is 1. The number of alkyl halides is 9. The van der Waals surface area contributed by atoms with Crippen LogP contribution in [0.25, 0.3) is 0 Å². The Morgan fingerprint density at radius 1 is 0.971 bits per heavy atom. The maximum absolute atomic E-state index is 13.7. The first kappa shape index (κ1) is 26.7. The molecule has 0 saturated carbocycles. The number of esters is 1. The molecule has 0 radical (unpaired) electrons. The molecule has 1 aliphatic heterocycles. The lowest BCUT2D eigenvalue weighted by Crippen LogP contribution is -2.34. The van der Waals surface area contributed by atoms with E-state index in [2.05, 4.69) is 5.32 Å². The highest BCUT2D eigenvalue weighted by molar-refractivity contribution is 5.81. The lowest BCUT2D eigenvalue weighted by molar-refractivity contribution is -0.146. The highest BCUT2D eigenvalue weighted by Crippen LogP contribution is 2.49. The summed E-state index contributed by atoms with van der Waals surface area (Å²) in [5.74, 6) is -4.07. The third-order valence-corrected chi connectivity index (χ3v) is 6.01. The number of halogens is 9. The molecular weight excluding hydrogens is 493 g/mol. The number of ether oxygens (including phenoxy) is 1. The first-order valence-corrected chi connectivity index (χ1v) is 10.4. The van der Waals surface area contributed by atoms with Crippen LogP contribution < -0.4 is 5.32 Å². The zero-order chi connectivity index (χ0) is 26.3. The molecule has 0 spiro atoms. The number of benzene rings is 2. The molecule has 2 aromatic rings. The van der Waals surface area contributed by atoms with Crippen molar-refractivity contribution in [2.75, 3.05) is 12.4 Å². The van der Waals surface area contributed by atoms with Crippen molar-refractivity contribution in [2.45, 2.75) is 56.2 Å². The van der Waals surface area contributed by atoms with Crippen molar-refractivity contribution in [1.82, 2.24) is 0 Å². The van der Waals surface area contributed by atoms with E-state index in [-0.39, 0.29) is 30.2 Å². The van der Waals surface area contributed by atoms with Crippen molar-refractivity contribution in [1.29, 1.82) is 0 Å². The van der Waals surface area contributed by atoms with Gasteiger partial charge in [0.05, 0.1) is 35.4 Å². The Hall–Kier alpha value is -2.92. The highest BCUT2D eigenvalue weighted by atomic mass is 19.4. The lowest BCUT2D eigenvalue weighted by Gasteiger charge is -2.38. The number of carbonyl (C=O) groups excluding carboxylic acids is 1. The lowest BCUT2D eigenvalue weighted by atomic mass is 9.73. The van der Waals surface area contributed by atoms with Crippen LogP contribution in [0.1, 0.15) is 59.4 Å². The van der Waals surface area contributed by atoms with Gasteiger partial charge >= 0.3 is 24.5 Å². The standard InChI is InChI=1S/C23H20F9NO2/c1-3-14-10-16(15-5-4-6-17(19(15)33-14)23(30,31)32)18(20(34)35-2)11-7-12(21(24,25)26)9-13(8-11)22(27,28)29/h4-9,14,16,18,33H,3,10H2,1-2H3. The number of nitrogens with one attached hydrogen (secondary N) is 1. The van der Waals surface area contributed by atoms with Crippen LogP contribution in [0, 0.1) is 0 Å².